The predicted octanol–water partition coefficient (Wildman–Crippen LogP) is 2.82. The maximum Gasteiger partial charge on any atom is 0.262 e. The molecule has 0 atom stereocenters. The highest BCUT2D eigenvalue weighted by Crippen LogP contribution is 2.33. The van der Waals surface area contributed by atoms with Gasteiger partial charge in [-0.3, -0.25) is 0 Å². The van der Waals surface area contributed by atoms with Gasteiger partial charge in [0, 0.05) is 6.07 Å². The predicted molar refractivity (Wildman–Crippen MR) is 75.1 cm³/mol. The molecule has 2 aromatic carbocycles. The van der Waals surface area contributed by atoms with Crippen LogP contribution in [0.2, 0.25) is 0 Å². The number of hydrogen-bond acceptors (Lipinski definition) is 6. The van der Waals surface area contributed by atoms with Crippen molar-refractivity contribution in [2.24, 2.45) is 0 Å². The zero-order valence-electron chi connectivity index (χ0n) is 11.1. The number of phenolic OH excluding ortho intramolecular Hbond substituents is 2. The van der Waals surface area contributed by atoms with Crippen molar-refractivity contribution in [1.82, 2.24) is 10.1 Å². The van der Waals surface area contributed by atoms with Crippen LogP contribution in [0.4, 0.5) is 0 Å². The van der Waals surface area contributed by atoms with Gasteiger partial charge in [0.15, 0.2) is 0 Å². The molecule has 3 aromatic rings. The van der Waals surface area contributed by atoms with E-state index in [1.165, 1.54) is 18.2 Å². The first-order valence-electron chi connectivity index (χ1n) is 6.18. The summed E-state index contributed by atoms with van der Waals surface area (Å²) in [7, 11) is 1.56. The van der Waals surface area contributed by atoms with Gasteiger partial charge in [0.25, 0.3) is 5.89 Å². The topological polar surface area (TPSA) is 88.6 Å². The van der Waals surface area contributed by atoms with Gasteiger partial charge in [0.2, 0.25) is 5.82 Å². The molecule has 0 radical (unpaired) electrons. The van der Waals surface area contributed by atoms with Crippen LogP contribution >= 0.6 is 0 Å². The largest absolute Gasteiger partial charge is 0.508 e. The highest BCUT2D eigenvalue weighted by atomic mass is 16.5. The lowest BCUT2D eigenvalue weighted by molar-refractivity contribution is 0.412. The number of ether oxygens (including phenoxy) is 1. The lowest BCUT2D eigenvalue weighted by atomic mass is 10.2. The van der Waals surface area contributed by atoms with Crippen LogP contribution in [0.5, 0.6) is 17.2 Å². The molecular formula is C15H12N2O4. The summed E-state index contributed by atoms with van der Waals surface area (Å²) in [5.41, 5.74) is 1.04. The van der Waals surface area contributed by atoms with Crippen molar-refractivity contribution in [3.05, 3.63) is 42.5 Å². The Hall–Kier alpha value is -3.02. The van der Waals surface area contributed by atoms with Crippen molar-refractivity contribution in [1.29, 1.82) is 0 Å². The maximum absolute atomic E-state index is 9.81. The summed E-state index contributed by atoms with van der Waals surface area (Å²) in [5.74, 6) is 0.967. The van der Waals surface area contributed by atoms with Crippen molar-refractivity contribution in [2.45, 2.75) is 0 Å². The van der Waals surface area contributed by atoms with Crippen molar-refractivity contribution in [2.75, 3.05) is 7.11 Å². The molecule has 2 N–H and O–H groups in total. The van der Waals surface area contributed by atoms with E-state index in [0.29, 0.717) is 22.7 Å². The van der Waals surface area contributed by atoms with E-state index in [-0.39, 0.29) is 17.4 Å². The van der Waals surface area contributed by atoms with E-state index < -0.39 is 0 Å². The Kier molecular flexibility index (Phi) is 3.19. The van der Waals surface area contributed by atoms with Crippen LogP contribution in [-0.4, -0.2) is 27.5 Å². The summed E-state index contributed by atoms with van der Waals surface area (Å²) in [4.78, 5) is 4.25. The molecule has 0 aliphatic carbocycles. The third kappa shape index (κ3) is 2.38. The number of aromatic nitrogens is 2. The van der Waals surface area contributed by atoms with Crippen molar-refractivity contribution >= 4 is 0 Å². The van der Waals surface area contributed by atoms with Crippen LogP contribution in [0.1, 0.15) is 0 Å². The lowest BCUT2D eigenvalue weighted by Gasteiger charge is -2.03. The second-order valence-electron chi connectivity index (χ2n) is 4.32. The Labute approximate surface area is 120 Å². The Morgan fingerprint density at radius 2 is 1.86 bits per heavy atom. The van der Waals surface area contributed by atoms with Gasteiger partial charge in [-0.05, 0) is 24.3 Å². The average molecular weight is 284 g/mol. The summed E-state index contributed by atoms with van der Waals surface area (Å²) in [6.07, 6.45) is 0. The number of nitrogens with zero attached hydrogens (tertiary/aromatic N) is 2. The van der Waals surface area contributed by atoms with Crippen LogP contribution in [0.25, 0.3) is 22.8 Å². The van der Waals surface area contributed by atoms with E-state index in [9.17, 15) is 10.2 Å². The van der Waals surface area contributed by atoms with Gasteiger partial charge in [0.05, 0.1) is 18.2 Å². The first-order chi connectivity index (χ1) is 10.2. The van der Waals surface area contributed by atoms with Gasteiger partial charge in [0.1, 0.15) is 17.2 Å². The minimum Gasteiger partial charge on any atom is -0.508 e. The lowest BCUT2D eigenvalue weighted by Crippen LogP contribution is -1.88. The average Bonchev–Trinajstić information content (AvgIpc) is 2.96. The summed E-state index contributed by atoms with van der Waals surface area (Å²) >= 11 is 0. The van der Waals surface area contributed by atoms with Crippen molar-refractivity contribution in [3.8, 4) is 40.1 Å². The molecule has 0 aliphatic heterocycles. The third-order valence-corrected chi connectivity index (χ3v) is 2.99. The van der Waals surface area contributed by atoms with E-state index in [1.807, 2.05) is 18.2 Å². The molecule has 0 unspecified atom stereocenters. The Morgan fingerprint density at radius 1 is 1.05 bits per heavy atom. The molecule has 106 valence electrons. The molecule has 1 aromatic heterocycles. The monoisotopic (exact) mass is 284 g/mol. The molecule has 21 heavy (non-hydrogen) atoms. The zero-order valence-corrected chi connectivity index (χ0v) is 11.1. The SMILES string of the molecule is COc1ccccc1-c1noc(-c2ccc(O)cc2O)n1. The number of benzene rings is 2. The number of hydrogen-bond donors (Lipinski definition) is 2. The van der Waals surface area contributed by atoms with Gasteiger partial charge >= 0.3 is 0 Å². The van der Waals surface area contributed by atoms with Gasteiger partial charge < -0.3 is 19.5 Å². The molecule has 0 bridgehead atoms. The molecule has 6 nitrogen and oxygen atoms in total. The van der Waals surface area contributed by atoms with Gasteiger partial charge in [-0.15, -0.1) is 0 Å². The molecule has 0 spiro atoms. The molecule has 0 fully saturated rings. The first kappa shape index (κ1) is 13.0. The molecule has 1 heterocycles. The van der Waals surface area contributed by atoms with E-state index >= 15 is 0 Å². The fourth-order valence-electron chi connectivity index (χ4n) is 1.97. The number of para-hydroxylation sites is 1. The minimum atomic E-state index is -0.134. The number of aromatic hydroxyl groups is 2. The van der Waals surface area contributed by atoms with E-state index in [2.05, 4.69) is 10.1 Å². The summed E-state index contributed by atoms with van der Waals surface area (Å²) in [6.45, 7) is 0. The highest BCUT2D eigenvalue weighted by Gasteiger charge is 2.16. The van der Waals surface area contributed by atoms with Crippen LogP contribution in [-0.2, 0) is 0 Å². The molecule has 0 saturated heterocycles. The number of rotatable bonds is 3. The highest BCUT2D eigenvalue weighted by molar-refractivity contribution is 5.68. The molecule has 0 saturated carbocycles. The zero-order chi connectivity index (χ0) is 14.8. The van der Waals surface area contributed by atoms with Crippen LogP contribution in [0.15, 0.2) is 47.0 Å². The van der Waals surface area contributed by atoms with Gasteiger partial charge in [-0.2, -0.15) is 4.98 Å². The van der Waals surface area contributed by atoms with Crippen molar-refractivity contribution in [3.63, 3.8) is 0 Å². The minimum absolute atomic E-state index is 0.0410. The standard InChI is InChI=1S/C15H12N2O4/c1-20-13-5-3-2-4-11(13)14-16-15(21-17-14)10-7-6-9(18)8-12(10)19/h2-8,18-19H,1H3. The fourth-order valence-corrected chi connectivity index (χ4v) is 1.97. The van der Waals surface area contributed by atoms with Crippen LogP contribution < -0.4 is 4.74 Å². The summed E-state index contributed by atoms with van der Waals surface area (Å²) < 4.78 is 10.4. The quantitative estimate of drug-likeness (QED) is 0.768. The van der Waals surface area contributed by atoms with Gasteiger partial charge in [-0.25, -0.2) is 0 Å². The van der Waals surface area contributed by atoms with E-state index in [1.54, 1.807) is 13.2 Å². The Balaban J connectivity index is 2.04. The smallest absolute Gasteiger partial charge is 0.262 e. The third-order valence-electron chi connectivity index (χ3n) is 2.99. The number of phenols is 2. The van der Waals surface area contributed by atoms with Crippen molar-refractivity contribution < 1.29 is 19.5 Å². The van der Waals surface area contributed by atoms with E-state index in [0.717, 1.165) is 0 Å². The molecular weight excluding hydrogens is 272 g/mol. The summed E-state index contributed by atoms with van der Waals surface area (Å²) in [5, 5.41) is 23.0. The molecule has 0 amide bonds. The second-order valence-corrected chi connectivity index (χ2v) is 4.32. The molecule has 0 aliphatic rings. The summed E-state index contributed by atoms with van der Waals surface area (Å²) in [6, 6.07) is 11.4. The van der Waals surface area contributed by atoms with Crippen LogP contribution in [0.3, 0.4) is 0 Å². The van der Waals surface area contributed by atoms with Gasteiger partial charge in [-0.1, -0.05) is 17.3 Å². The second kappa shape index (κ2) is 5.16. The molecule has 3 rings (SSSR count). The van der Waals surface area contributed by atoms with E-state index in [4.69, 9.17) is 9.26 Å². The first-order valence-corrected chi connectivity index (χ1v) is 6.18. The Morgan fingerprint density at radius 3 is 2.62 bits per heavy atom. The Bertz CT molecular complexity index is 783. The molecule has 6 heteroatoms. The normalized spacial score (nSPS) is 10.5. The maximum atomic E-state index is 9.81. The van der Waals surface area contributed by atoms with Crippen LogP contribution in [0, 0.1) is 0 Å². The fraction of sp³-hybridized carbons (Fsp3) is 0.0667. The number of methoxy groups -OCH3 is 1.